The standard InChI is InChI=1S/C32H39N3O5S/c1-24(2)12-20-39-32(37)40-23-35-29-22-26(10-8-25(29)9-11-31(35)36)38-19-4-3-14-33-15-17-34(18-16-33)28-6-5-7-30-27(28)13-21-41-30/h5-11,13,21-22,24H,3-4,12,14-20,23H2,1-2H3. The molecular formula is C32H39N3O5S. The number of aromatic nitrogens is 1. The lowest BCUT2D eigenvalue weighted by atomic mass is 10.1. The molecule has 41 heavy (non-hydrogen) atoms. The molecule has 1 saturated heterocycles. The molecule has 0 aliphatic carbocycles. The van der Waals surface area contributed by atoms with Gasteiger partial charge < -0.3 is 19.1 Å². The molecule has 5 rings (SSSR count). The van der Waals surface area contributed by atoms with Crippen LogP contribution in [0.2, 0.25) is 0 Å². The molecule has 1 aliphatic rings. The van der Waals surface area contributed by atoms with Crippen molar-refractivity contribution in [1.29, 1.82) is 0 Å². The van der Waals surface area contributed by atoms with Gasteiger partial charge in [-0.3, -0.25) is 14.3 Å². The topological polar surface area (TPSA) is 73.2 Å². The van der Waals surface area contributed by atoms with E-state index in [0.29, 0.717) is 30.4 Å². The first-order valence-electron chi connectivity index (χ1n) is 14.5. The van der Waals surface area contributed by atoms with E-state index in [-0.39, 0.29) is 12.3 Å². The maximum atomic E-state index is 12.5. The maximum absolute atomic E-state index is 12.5. The lowest BCUT2D eigenvalue weighted by molar-refractivity contribution is 0.0318. The Morgan fingerprint density at radius 1 is 0.951 bits per heavy atom. The van der Waals surface area contributed by atoms with E-state index in [1.807, 2.05) is 18.2 Å². The lowest BCUT2D eigenvalue weighted by Crippen LogP contribution is -2.46. The molecule has 0 spiro atoms. The SMILES string of the molecule is CC(C)CCOC(=O)OCn1c(=O)ccc2ccc(OCCCCN3CCN(c4cccc5sccc45)CC3)cc21. The number of thiophene rings is 1. The van der Waals surface area contributed by atoms with Crippen molar-refractivity contribution in [2.45, 2.75) is 39.8 Å². The van der Waals surface area contributed by atoms with Crippen molar-refractivity contribution >= 4 is 44.2 Å². The second kappa shape index (κ2) is 13.9. The second-order valence-electron chi connectivity index (χ2n) is 10.9. The van der Waals surface area contributed by atoms with Crippen molar-refractivity contribution in [2.75, 3.05) is 50.8 Å². The first-order chi connectivity index (χ1) is 20.0. The van der Waals surface area contributed by atoms with Gasteiger partial charge in [0, 0.05) is 54.1 Å². The Bertz CT molecular complexity index is 1510. The Balaban J connectivity index is 1.06. The number of unbranched alkanes of at least 4 members (excludes halogenated alkanes) is 1. The number of benzene rings is 2. The fraction of sp³-hybridized carbons (Fsp3) is 0.438. The van der Waals surface area contributed by atoms with Crippen molar-refractivity contribution in [3.8, 4) is 5.75 Å². The molecule has 4 aromatic rings. The summed E-state index contributed by atoms with van der Waals surface area (Å²) in [5, 5.41) is 4.40. The molecule has 1 fully saturated rings. The maximum Gasteiger partial charge on any atom is 0.510 e. The second-order valence-corrected chi connectivity index (χ2v) is 11.8. The van der Waals surface area contributed by atoms with E-state index in [1.54, 1.807) is 17.4 Å². The zero-order valence-electron chi connectivity index (χ0n) is 23.9. The predicted molar refractivity (Wildman–Crippen MR) is 165 cm³/mol. The summed E-state index contributed by atoms with van der Waals surface area (Å²) in [7, 11) is 0. The van der Waals surface area contributed by atoms with E-state index in [9.17, 15) is 9.59 Å². The molecule has 8 nitrogen and oxygen atoms in total. The summed E-state index contributed by atoms with van der Waals surface area (Å²) in [6, 6.07) is 17.7. The van der Waals surface area contributed by atoms with Gasteiger partial charge in [0.2, 0.25) is 0 Å². The van der Waals surface area contributed by atoms with E-state index in [2.05, 4.69) is 53.3 Å². The number of hydrogen-bond donors (Lipinski definition) is 0. The molecule has 0 saturated carbocycles. The van der Waals surface area contributed by atoms with Gasteiger partial charge >= 0.3 is 6.16 Å². The molecule has 2 aromatic heterocycles. The molecule has 2 aromatic carbocycles. The van der Waals surface area contributed by atoms with Crippen LogP contribution in [0.15, 0.2) is 64.8 Å². The average molecular weight is 578 g/mol. The van der Waals surface area contributed by atoms with E-state index in [1.165, 1.54) is 26.4 Å². The number of hydrogen-bond acceptors (Lipinski definition) is 8. The molecule has 0 atom stereocenters. The summed E-state index contributed by atoms with van der Waals surface area (Å²) in [5.41, 5.74) is 1.75. The summed E-state index contributed by atoms with van der Waals surface area (Å²) in [5.74, 6) is 1.11. The zero-order valence-corrected chi connectivity index (χ0v) is 24.7. The Morgan fingerprint density at radius 3 is 2.61 bits per heavy atom. The number of nitrogens with zero attached hydrogens (tertiary/aromatic N) is 3. The number of rotatable bonds is 12. The minimum atomic E-state index is -0.775. The highest BCUT2D eigenvalue weighted by molar-refractivity contribution is 7.17. The molecule has 0 unspecified atom stereocenters. The van der Waals surface area contributed by atoms with Crippen LogP contribution in [0.3, 0.4) is 0 Å². The van der Waals surface area contributed by atoms with Gasteiger partial charge in [0.25, 0.3) is 5.56 Å². The van der Waals surface area contributed by atoms with Crippen molar-refractivity contribution < 1.29 is 19.0 Å². The van der Waals surface area contributed by atoms with Gasteiger partial charge in [0.15, 0.2) is 6.73 Å². The number of piperazine rings is 1. The Hall–Kier alpha value is -3.56. The number of carbonyl (C=O) groups is 1. The van der Waals surface area contributed by atoms with Gasteiger partial charge in [-0.1, -0.05) is 19.9 Å². The number of anilines is 1. The van der Waals surface area contributed by atoms with Crippen molar-refractivity contribution in [1.82, 2.24) is 9.47 Å². The van der Waals surface area contributed by atoms with E-state index < -0.39 is 6.16 Å². The summed E-state index contributed by atoms with van der Waals surface area (Å²) < 4.78 is 19.1. The summed E-state index contributed by atoms with van der Waals surface area (Å²) >= 11 is 1.80. The monoisotopic (exact) mass is 577 g/mol. The summed E-state index contributed by atoms with van der Waals surface area (Å²) in [6.07, 6.45) is 1.99. The minimum Gasteiger partial charge on any atom is -0.494 e. The quantitative estimate of drug-likeness (QED) is 0.143. The Morgan fingerprint density at radius 2 is 1.78 bits per heavy atom. The van der Waals surface area contributed by atoms with E-state index in [0.717, 1.165) is 57.4 Å². The highest BCUT2D eigenvalue weighted by Gasteiger charge is 2.18. The highest BCUT2D eigenvalue weighted by Crippen LogP contribution is 2.31. The third-order valence-electron chi connectivity index (χ3n) is 7.51. The molecule has 0 radical (unpaired) electrons. The molecule has 218 valence electrons. The third kappa shape index (κ3) is 7.59. The summed E-state index contributed by atoms with van der Waals surface area (Å²) in [6.45, 7) is 10.1. The van der Waals surface area contributed by atoms with E-state index >= 15 is 0 Å². The fourth-order valence-corrected chi connectivity index (χ4v) is 5.93. The van der Waals surface area contributed by atoms with Crippen LogP contribution < -0.4 is 15.2 Å². The number of pyridine rings is 1. The molecule has 0 amide bonds. The van der Waals surface area contributed by atoms with Crippen LogP contribution in [0.1, 0.15) is 33.1 Å². The van der Waals surface area contributed by atoms with Crippen LogP contribution in [0.5, 0.6) is 5.75 Å². The largest absolute Gasteiger partial charge is 0.510 e. The van der Waals surface area contributed by atoms with Crippen molar-refractivity contribution in [3.63, 3.8) is 0 Å². The average Bonchev–Trinajstić information content (AvgIpc) is 3.46. The first kappa shape index (κ1) is 29.0. The van der Waals surface area contributed by atoms with Gasteiger partial charge in [-0.15, -0.1) is 11.3 Å². The van der Waals surface area contributed by atoms with Gasteiger partial charge in [-0.05, 0) is 78.9 Å². The van der Waals surface area contributed by atoms with Crippen LogP contribution in [-0.2, 0) is 16.2 Å². The Labute approximate surface area is 245 Å². The van der Waals surface area contributed by atoms with Crippen LogP contribution >= 0.6 is 11.3 Å². The van der Waals surface area contributed by atoms with Crippen LogP contribution in [0.25, 0.3) is 21.0 Å². The molecule has 0 bridgehead atoms. The van der Waals surface area contributed by atoms with Crippen LogP contribution in [0, 0.1) is 5.92 Å². The van der Waals surface area contributed by atoms with Crippen molar-refractivity contribution in [2.24, 2.45) is 5.92 Å². The van der Waals surface area contributed by atoms with Crippen LogP contribution in [0.4, 0.5) is 10.5 Å². The Kier molecular flexibility index (Phi) is 9.80. The van der Waals surface area contributed by atoms with Crippen molar-refractivity contribution in [3.05, 3.63) is 70.3 Å². The molecule has 3 heterocycles. The zero-order chi connectivity index (χ0) is 28.6. The molecule has 1 aliphatic heterocycles. The third-order valence-corrected chi connectivity index (χ3v) is 8.40. The number of fused-ring (bicyclic) bond motifs is 2. The van der Waals surface area contributed by atoms with Gasteiger partial charge in [-0.2, -0.15) is 0 Å². The highest BCUT2D eigenvalue weighted by atomic mass is 32.1. The number of carbonyl (C=O) groups excluding carboxylic acids is 1. The fourth-order valence-electron chi connectivity index (χ4n) is 5.12. The van der Waals surface area contributed by atoms with Gasteiger partial charge in [-0.25, -0.2) is 4.79 Å². The molecular weight excluding hydrogens is 538 g/mol. The molecule has 9 heteroatoms. The van der Waals surface area contributed by atoms with E-state index in [4.69, 9.17) is 14.2 Å². The van der Waals surface area contributed by atoms with Crippen LogP contribution in [-0.4, -0.2) is 61.6 Å². The lowest BCUT2D eigenvalue weighted by Gasteiger charge is -2.36. The number of ether oxygens (including phenoxy) is 3. The summed E-state index contributed by atoms with van der Waals surface area (Å²) in [4.78, 5) is 29.5. The van der Waals surface area contributed by atoms with Gasteiger partial charge in [0.1, 0.15) is 5.75 Å². The normalized spacial score (nSPS) is 14.2. The molecule has 0 N–H and O–H groups in total. The minimum absolute atomic E-state index is 0.212. The predicted octanol–water partition coefficient (Wildman–Crippen LogP) is 6.35. The smallest absolute Gasteiger partial charge is 0.494 e. The van der Waals surface area contributed by atoms with Gasteiger partial charge in [0.05, 0.1) is 18.7 Å². The first-order valence-corrected chi connectivity index (χ1v) is 15.4.